The lowest BCUT2D eigenvalue weighted by Gasteiger charge is -2.30. The van der Waals surface area contributed by atoms with Gasteiger partial charge in [-0.05, 0) is 42.8 Å². The summed E-state index contributed by atoms with van der Waals surface area (Å²) in [5, 5.41) is 13.2. The van der Waals surface area contributed by atoms with Gasteiger partial charge in [0.15, 0.2) is 11.6 Å². The molecule has 0 bridgehead atoms. The van der Waals surface area contributed by atoms with E-state index in [9.17, 15) is 14.0 Å². The van der Waals surface area contributed by atoms with Crippen LogP contribution in [0.15, 0.2) is 47.6 Å². The van der Waals surface area contributed by atoms with Crippen molar-refractivity contribution < 1.29 is 18.7 Å². The average Bonchev–Trinajstić information content (AvgIpc) is 3.15. The van der Waals surface area contributed by atoms with Gasteiger partial charge in [-0.25, -0.2) is 14.2 Å². The number of hydrogen-bond acceptors (Lipinski definition) is 4. The number of nitrogens with zero attached hydrogens (tertiary/aromatic N) is 2. The number of carbonyl (C=O) groups excluding carboxylic acids is 2. The summed E-state index contributed by atoms with van der Waals surface area (Å²) >= 11 is 0. The molecule has 0 aliphatic carbocycles. The van der Waals surface area contributed by atoms with Crippen LogP contribution in [-0.2, 0) is 4.79 Å². The number of nitrogens with one attached hydrogen (secondary N) is 3. The van der Waals surface area contributed by atoms with E-state index >= 15 is 0 Å². The molecule has 0 saturated heterocycles. The number of carbonyl (C=O) groups is 2. The van der Waals surface area contributed by atoms with Crippen LogP contribution < -0.4 is 15.4 Å². The number of anilines is 1. The van der Waals surface area contributed by atoms with Crippen molar-refractivity contribution in [3.05, 3.63) is 54.0 Å². The topological polar surface area (TPSA) is 108 Å². The van der Waals surface area contributed by atoms with Gasteiger partial charge in [0.25, 0.3) is 0 Å². The number of rotatable bonds is 4. The second-order valence-corrected chi connectivity index (χ2v) is 6.71. The molecule has 1 aliphatic rings. The molecule has 2 heterocycles. The van der Waals surface area contributed by atoms with E-state index < -0.39 is 23.8 Å². The maximum absolute atomic E-state index is 14.2. The Bertz CT molecular complexity index is 1140. The van der Waals surface area contributed by atoms with Crippen molar-refractivity contribution in [2.24, 2.45) is 10.9 Å². The summed E-state index contributed by atoms with van der Waals surface area (Å²) < 4.78 is 19.2. The Kier molecular flexibility index (Phi) is 4.71. The third-order valence-electron chi connectivity index (χ3n) is 4.87. The number of hydrogen-bond donors (Lipinski definition) is 3. The van der Waals surface area contributed by atoms with Gasteiger partial charge in [0.2, 0.25) is 5.91 Å². The van der Waals surface area contributed by atoms with Crippen LogP contribution in [0.3, 0.4) is 0 Å². The lowest BCUT2D eigenvalue weighted by molar-refractivity contribution is -0.118. The predicted molar refractivity (Wildman–Crippen MR) is 106 cm³/mol. The van der Waals surface area contributed by atoms with Crippen LogP contribution in [0.1, 0.15) is 18.5 Å². The Morgan fingerprint density at radius 1 is 1.24 bits per heavy atom. The number of H-pyrrole nitrogens is 1. The number of benzene rings is 2. The highest BCUT2D eigenvalue weighted by molar-refractivity contribution is 6.13. The number of methoxy groups -OCH3 is 1. The molecular formula is C20H18FN5O3. The monoisotopic (exact) mass is 395 g/mol. The molecule has 3 aromatic rings. The quantitative estimate of drug-likeness (QED) is 0.630. The average molecular weight is 395 g/mol. The van der Waals surface area contributed by atoms with Crippen molar-refractivity contribution in [2.45, 2.75) is 13.0 Å². The number of aliphatic imine (C=N–C) groups is 1. The van der Waals surface area contributed by atoms with E-state index in [2.05, 4.69) is 25.8 Å². The number of halogens is 1. The molecule has 0 radical (unpaired) electrons. The zero-order chi connectivity index (χ0) is 20.5. The van der Waals surface area contributed by atoms with Crippen molar-refractivity contribution in [3.8, 4) is 5.75 Å². The van der Waals surface area contributed by atoms with Gasteiger partial charge in [-0.1, -0.05) is 6.07 Å². The zero-order valence-corrected chi connectivity index (χ0v) is 15.7. The first-order chi connectivity index (χ1) is 14.0. The van der Waals surface area contributed by atoms with Crippen molar-refractivity contribution in [1.29, 1.82) is 0 Å². The van der Waals surface area contributed by atoms with Gasteiger partial charge >= 0.3 is 6.03 Å². The highest BCUT2D eigenvalue weighted by Gasteiger charge is 2.37. The molecule has 2 aromatic carbocycles. The van der Waals surface area contributed by atoms with Gasteiger partial charge in [0.1, 0.15) is 5.92 Å². The molecule has 29 heavy (non-hydrogen) atoms. The van der Waals surface area contributed by atoms with Gasteiger partial charge in [0.05, 0.1) is 24.9 Å². The molecule has 9 heteroatoms. The van der Waals surface area contributed by atoms with E-state index in [0.717, 1.165) is 10.9 Å². The van der Waals surface area contributed by atoms with Crippen molar-refractivity contribution in [1.82, 2.24) is 15.5 Å². The largest absolute Gasteiger partial charge is 0.494 e. The normalized spacial score (nSPS) is 18.9. The Morgan fingerprint density at radius 3 is 2.83 bits per heavy atom. The fourth-order valence-corrected chi connectivity index (χ4v) is 3.45. The molecule has 0 saturated carbocycles. The van der Waals surface area contributed by atoms with Crippen LogP contribution in [0.4, 0.5) is 14.9 Å². The van der Waals surface area contributed by atoms with Crippen molar-refractivity contribution >= 4 is 34.2 Å². The van der Waals surface area contributed by atoms with E-state index in [1.54, 1.807) is 37.4 Å². The number of aromatic amines is 1. The number of amides is 3. The number of ether oxygens (including phenoxy) is 1. The first kappa shape index (κ1) is 18.6. The van der Waals surface area contributed by atoms with E-state index in [1.807, 2.05) is 0 Å². The summed E-state index contributed by atoms with van der Waals surface area (Å²) in [6.07, 6.45) is 1.65. The second kappa shape index (κ2) is 7.34. The van der Waals surface area contributed by atoms with Crippen molar-refractivity contribution in [3.63, 3.8) is 0 Å². The van der Waals surface area contributed by atoms with Gasteiger partial charge in [-0.15, -0.1) is 0 Å². The summed E-state index contributed by atoms with van der Waals surface area (Å²) in [4.78, 5) is 28.9. The number of aromatic nitrogens is 2. The maximum Gasteiger partial charge on any atom is 0.341 e. The molecule has 1 aliphatic heterocycles. The summed E-state index contributed by atoms with van der Waals surface area (Å²) in [5.74, 6) is -1.67. The molecule has 0 fully saturated rings. The fraction of sp³-hybridized carbons (Fsp3) is 0.200. The van der Waals surface area contributed by atoms with Crippen LogP contribution in [0, 0.1) is 11.7 Å². The van der Waals surface area contributed by atoms with E-state index in [1.165, 1.54) is 19.2 Å². The minimum Gasteiger partial charge on any atom is -0.494 e. The van der Waals surface area contributed by atoms with Crippen molar-refractivity contribution in [2.75, 3.05) is 12.4 Å². The fourth-order valence-electron chi connectivity index (χ4n) is 3.45. The molecule has 2 atom stereocenters. The Balaban J connectivity index is 1.65. The molecule has 148 valence electrons. The third-order valence-corrected chi connectivity index (χ3v) is 4.87. The zero-order valence-electron chi connectivity index (χ0n) is 15.7. The highest BCUT2D eigenvalue weighted by Crippen LogP contribution is 2.31. The molecular weight excluding hydrogens is 377 g/mol. The Morgan fingerprint density at radius 2 is 2.07 bits per heavy atom. The van der Waals surface area contributed by atoms with E-state index in [0.29, 0.717) is 17.0 Å². The maximum atomic E-state index is 14.2. The standard InChI is InChI=1S/C20H18FN5O3/c1-10-17(19(27)24-13-4-5-15-12(7-13)9-22-26-15)18(25-20(28)23-10)11-3-6-16(29-2)14(21)8-11/h3-9,17-18H,1-2H3,(H,22,26)(H,24,27)(H,25,28). The van der Waals surface area contributed by atoms with Gasteiger partial charge in [-0.2, -0.15) is 5.10 Å². The minimum atomic E-state index is -0.805. The summed E-state index contributed by atoms with van der Waals surface area (Å²) in [6, 6.07) is 8.31. The van der Waals surface area contributed by atoms with Crippen LogP contribution in [0.25, 0.3) is 10.9 Å². The third kappa shape index (κ3) is 3.54. The molecule has 4 rings (SSSR count). The highest BCUT2D eigenvalue weighted by atomic mass is 19.1. The molecule has 3 N–H and O–H groups in total. The Labute approximate surface area is 165 Å². The first-order valence-electron chi connectivity index (χ1n) is 8.89. The molecule has 2 unspecified atom stereocenters. The van der Waals surface area contributed by atoms with Gasteiger partial charge in [0, 0.05) is 16.8 Å². The summed E-state index contributed by atoms with van der Waals surface area (Å²) in [6.45, 7) is 1.61. The van der Waals surface area contributed by atoms with Gasteiger partial charge < -0.3 is 15.4 Å². The predicted octanol–water partition coefficient (Wildman–Crippen LogP) is 3.19. The number of urea groups is 1. The van der Waals surface area contributed by atoms with Crippen LogP contribution in [0.5, 0.6) is 5.75 Å². The summed E-state index contributed by atoms with van der Waals surface area (Å²) in [7, 11) is 1.37. The molecule has 3 amide bonds. The molecule has 8 nitrogen and oxygen atoms in total. The van der Waals surface area contributed by atoms with E-state index in [4.69, 9.17) is 4.74 Å². The van der Waals surface area contributed by atoms with Crippen LogP contribution in [-0.4, -0.2) is 35.0 Å². The van der Waals surface area contributed by atoms with E-state index in [-0.39, 0.29) is 11.7 Å². The van der Waals surface area contributed by atoms with Crippen LogP contribution in [0.2, 0.25) is 0 Å². The smallest absolute Gasteiger partial charge is 0.341 e. The second-order valence-electron chi connectivity index (χ2n) is 6.71. The summed E-state index contributed by atoms with van der Waals surface area (Å²) in [5.41, 5.74) is 2.21. The lowest BCUT2D eigenvalue weighted by Crippen LogP contribution is -2.45. The Hall–Kier alpha value is -3.75. The van der Waals surface area contributed by atoms with Gasteiger partial charge in [-0.3, -0.25) is 9.89 Å². The lowest BCUT2D eigenvalue weighted by atomic mass is 9.87. The first-order valence-corrected chi connectivity index (χ1v) is 8.89. The molecule has 0 spiro atoms. The van der Waals surface area contributed by atoms with Crippen LogP contribution >= 0.6 is 0 Å². The number of fused-ring (bicyclic) bond motifs is 1. The molecule has 1 aromatic heterocycles. The SMILES string of the molecule is COc1ccc(C2NC(=O)N=C(C)C2C(=O)Nc2ccc3[nH]ncc3c2)cc1F. The minimum absolute atomic E-state index is 0.0793.